The normalized spacial score (nSPS) is 14.4. The molecule has 0 atom stereocenters. The third-order valence-electron chi connectivity index (χ3n) is 3.46. The summed E-state index contributed by atoms with van der Waals surface area (Å²) in [5.41, 5.74) is 2.99. The number of halogens is 1. The van der Waals surface area contributed by atoms with Crippen molar-refractivity contribution >= 4 is 17.5 Å². The summed E-state index contributed by atoms with van der Waals surface area (Å²) in [6, 6.07) is 15.8. The second-order valence-electron chi connectivity index (χ2n) is 4.99. The van der Waals surface area contributed by atoms with Gasteiger partial charge in [0.15, 0.2) is 0 Å². The van der Waals surface area contributed by atoms with Gasteiger partial charge in [-0.1, -0.05) is 54.1 Å². The number of carbonyl (C=O) groups is 1. The predicted molar refractivity (Wildman–Crippen MR) is 82.8 cm³/mol. The minimum atomic E-state index is -0.115. The molecule has 0 aromatic heterocycles. The molecule has 106 valence electrons. The average molecular weight is 300 g/mol. The molecule has 1 heterocycles. The molecular weight excluding hydrogens is 286 g/mol. The number of nitrogens with zero attached hydrogens (tertiary/aromatic N) is 1. The van der Waals surface area contributed by atoms with Crippen LogP contribution in [0.1, 0.15) is 12.0 Å². The Bertz CT molecular complexity index is 710. The first-order chi connectivity index (χ1) is 10.1. The highest BCUT2D eigenvalue weighted by atomic mass is 35.5. The number of amides is 1. The van der Waals surface area contributed by atoms with Crippen LogP contribution < -0.4 is 0 Å². The highest BCUT2D eigenvalue weighted by Gasteiger charge is 2.21. The van der Waals surface area contributed by atoms with Gasteiger partial charge in [-0.2, -0.15) is 0 Å². The van der Waals surface area contributed by atoms with E-state index in [4.69, 9.17) is 11.6 Å². The lowest BCUT2D eigenvalue weighted by molar-refractivity contribution is -0.127. The quantitative estimate of drug-likeness (QED) is 0.925. The first kappa shape index (κ1) is 13.7. The molecule has 3 rings (SSSR count). The van der Waals surface area contributed by atoms with E-state index in [1.807, 2.05) is 48.5 Å². The fourth-order valence-corrected chi connectivity index (χ4v) is 2.60. The zero-order valence-corrected chi connectivity index (χ0v) is 12.0. The van der Waals surface area contributed by atoms with Crippen molar-refractivity contribution in [3.05, 3.63) is 71.1 Å². The molecule has 0 saturated carbocycles. The van der Waals surface area contributed by atoms with Crippen LogP contribution in [-0.4, -0.2) is 15.9 Å². The molecule has 0 unspecified atom stereocenters. The summed E-state index contributed by atoms with van der Waals surface area (Å²) in [7, 11) is 0. The van der Waals surface area contributed by atoms with Crippen LogP contribution in [-0.2, 0) is 11.3 Å². The van der Waals surface area contributed by atoms with Crippen LogP contribution in [0.25, 0.3) is 11.1 Å². The second kappa shape index (κ2) is 5.62. The molecule has 1 aliphatic rings. The van der Waals surface area contributed by atoms with Crippen LogP contribution in [0.5, 0.6) is 0 Å². The van der Waals surface area contributed by atoms with Gasteiger partial charge in [-0.3, -0.25) is 4.79 Å². The smallest absolute Gasteiger partial charge is 0.234 e. The van der Waals surface area contributed by atoms with E-state index < -0.39 is 0 Å². The predicted octanol–water partition coefficient (Wildman–Crippen LogP) is 4.14. The van der Waals surface area contributed by atoms with Crippen LogP contribution >= 0.6 is 11.6 Å². The number of hydrogen-bond acceptors (Lipinski definition) is 2. The number of hydrogen-bond donors (Lipinski definition) is 1. The maximum atomic E-state index is 11.7. The van der Waals surface area contributed by atoms with Gasteiger partial charge >= 0.3 is 0 Å². The lowest BCUT2D eigenvalue weighted by atomic mass is 10.0. The van der Waals surface area contributed by atoms with E-state index in [1.54, 1.807) is 0 Å². The Morgan fingerprint density at radius 3 is 2.48 bits per heavy atom. The van der Waals surface area contributed by atoms with E-state index >= 15 is 0 Å². The Morgan fingerprint density at radius 1 is 1.10 bits per heavy atom. The van der Waals surface area contributed by atoms with Crippen molar-refractivity contribution < 1.29 is 9.90 Å². The maximum Gasteiger partial charge on any atom is 0.234 e. The molecule has 0 bridgehead atoms. The van der Waals surface area contributed by atoms with E-state index in [0.29, 0.717) is 11.6 Å². The van der Waals surface area contributed by atoms with Crippen LogP contribution in [0.15, 0.2) is 60.5 Å². The summed E-state index contributed by atoms with van der Waals surface area (Å²) in [4.78, 5) is 13.1. The van der Waals surface area contributed by atoms with Crippen molar-refractivity contribution in [2.45, 2.75) is 13.0 Å². The van der Waals surface area contributed by atoms with Gasteiger partial charge < -0.3 is 10.0 Å². The number of aliphatic hydroxyl groups is 1. The largest absolute Gasteiger partial charge is 0.510 e. The van der Waals surface area contributed by atoms with Crippen LogP contribution in [0.4, 0.5) is 0 Å². The van der Waals surface area contributed by atoms with Crippen molar-refractivity contribution in [2.75, 3.05) is 0 Å². The van der Waals surface area contributed by atoms with Crippen molar-refractivity contribution in [2.24, 2.45) is 0 Å². The monoisotopic (exact) mass is 299 g/mol. The second-order valence-corrected chi connectivity index (χ2v) is 5.40. The topological polar surface area (TPSA) is 40.5 Å². The third-order valence-corrected chi connectivity index (χ3v) is 3.81. The number of carbonyl (C=O) groups excluding carboxylic acids is 1. The third kappa shape index (κ3) is 2.93. The fraction of sp³-hybridized carbons (Fsp3) is 0.118. The summed E-state index contributed by atoms with van der Waals surface area (Å²) in [5, 5.41) is 9.99. The Morgan fingerprint density at radius 2 is 1.86 bits per heavy atom. The molecule has 1 N–H and O–H groups in total. The summed E-state index contributed by atoms with van der Waals surface area (Å²) < 4.78 is 0. The van der Waals surface area contributed by atoms with Gasteiger partial charge in [0.2, 0.25) is 5.91 Å². The molecular formula is C17H14ClNO2. The maximum absolute atomic E-state index is 11.7. The minimum absolute atomic E-state index is 0.0692. The number of aliphatic hydroxyl groups excluding tert-OH is 1. The van der Waals surface area contributed by atoms with E-state index in [-0.39, 0.29) is 18.1 Å². The lowest BCUT2D eigenvalue weighted by Gasteiger charge is -2.15. The molecule has 2 aromatic carbocycles. The first-order valence-corrected chi connectivity index (χ1v) is 7.04. The molecule has 0 radical (unpaired) electrons. The molecule has 0 aliphatic carbocycles. The zero-order chi connectivity index (χ0) is 14.8. The molecule has 1 amide bonds. The van der Waals surface area contributed by atoms with Gasteiger partial charge in [-0.05, 0) is 22.8 Å². The van der Waals surface area contributed by atoms with E-state index in [1.165, 1.54) is 11.1 Å². The highest BCUT2D eigenvalue weighted by Crippen LogP contribution is 2.27. The van der Waals surface area contributed by atoms with E-state index in [9.17, 15) is 9.90 Å². The molecule has 21 heavy (non-hydrogen) atoms. The van der Waals surface area contributed by atoms with Crippen molar-refractivity contribution in [3.8, 4) is 11.1 Å². The standard InChI is InChI=1S/C17H14ClNO2/c18-16-8-13(12-4-2-1-3-5-12)6-7-14(16)10-19-11-15(20)9-17(19)21/h1-8,11,20H,9-10H2. The van der Waals surface area contributed by atoms with Crippen LogP contribution in [0.2, 0.25) is 5.02 Å². The molecule has 0 spiro atoms. The summed E-state index contributed by atoms with van der Waals surface area (Å²) in [6.07, 6.45) is 1.53. The van der Waals surface area contributed by atoms with Crippen molar-refractivity contribution in [3.63, 3.8) is 0 Å². The average Bonchev–Trinajstić information content (AvgIpc) is 2.80. The van der Waals surface area contributed by atoms with Crippen LogP contribution in [0.3, 0.4) is 0 Å². The van der Waals surface area contributed by atoms with Gasteiger partial charge in [-0.25, -0.2) is 0 Å². The summed E-state index contributed by atoms with van der Waals surface area (Å²) in [6.45, 7) is 0.372. The van der Waals surface area contributed by atoms with Crippen molar-refractivity contribution in [1.29, 1.82) is 0 Å². The van der Waals surface area contributed by atoms with Crippen molar-refractivity contribution in [1.82, 2.24) is 4.90 Å². The summed E-state index contributed by atoms with van der Waals surface area (Å²) in [5.74, 6) is -0.0206. The first-order valence-electron chi connectivity index (χ1n) is 6.66. The zero-order valence-electron chi connectivity index (χ0n) is 11.3. The molecule has 1 aliphatic heterocycles. The fourth-order valence-electron chi connectivity index (χ4n) is 2.36. The summed E-state index contributed by atoms with van der Waals surface area (Å²) >= 11 is 6.32. The number of benzene rings is 2. The Balaban J connectivity index is 1.84. The van der Waals surface area contributed by atoms with E-state index in [2.05, 4.69) is 0 Å². The molecule has 4 heteroatoms. The van der Waals surface area contributed by atoms with Gasteiger partial charge in [0.1, 0.15) is 5.76 Å². The Hall–Kier alpha value is -2.26. The Labute approximate surface area is 128 Å². The number of rotatable bonds is 3. The molecule has 2 aromatic rings. The van der Waals surface area contributed by atoms with Gasteiger partial charge in [0, 0.05) is 11.2 Å². The highest BCUT2D eigenvalue weighted by molar-refractivity contribution is 6.31. The van der Waals surface area contributed by atoms with Gasteiger partial charge in [0.05, 0.1) is 13.0 Å². The minimum Gasteiger partial charge on any atom is -0.510 e. The molecule has 0 saturated heterocycles. The Kier molecular flexibility index (Phi) is 3.67. The molecule has 3 nitrogen and oxygen atoms in total. The van der Waals surface area contributed by atoms with Crippen LogP contribution in [0, 0.1) is 0 Å². The lowest BCUT2D eigenvalue weighted by Crippen LogP contribution is -2.20. The van der Waals surface area contributed by atoms with Gasteiger partial charge in [0.25, 0.3) is 0 Å². The van der Waals surface area contributed by atoms with E-state index in [0.717, 1.165) is 16.7 Å². The SMILES string of the molecule is O=C1CC(O)=CN1Cc1ccc(-c2ccccc2)cc1Cl. The van der Waals surface area contributed by atoms with Gasteiger partial charge in [-0.15, -0.1) is 0 Å². The molecule has 0 fully saturated rings.